The van der Waals surface area contributed by atoms with Gasteiger partial charge in [-0.3, -0.25) is 0 Å². The lowest BCUT2D eigenvalue weighted by Crippen LogP contribution is -2.28. The highest BCUT2D eigenvalue weighted by molar-refractivity contribution is 6.61. The van der Waals surface area contributed by atoms with E-state index in [9.17, 15) is 5.02 Å². The molecule has 3 nitrogen and oxygen atoms in total. The molecule has 1 aliphatic rings. The van der Waals surface area contributed by atoms with E-state index in [1.165, 1.54) is 0 Å². The van der Waals surface area contributed by atoms with Gasteiger partial charge in [-0.25, -0.2) is 0 Å². The maximum atomic E-state index is 9.46. The van der Waals surface area contributed by atoms with E-state index in [0.29, 0.717) is 22.8 Å². The van der Waals surface area contributed by atoms with Crippen molar-refractivity contribution in [3.05, 3.63) is 22.7 Å². The van der Waals surface area contributed by atoms with Gasteiger partial charge in [0.25, 0.3) is 0 Å². The molecule has 1 aromatic rings. The number of rotatable bonds is 2. The van der Waals surface area contributed by atoms with Gasteiger partial charge in [0, 0.05) is 0 Å². The van der Waals surface area contributed by atoms with E-state index in [1.807, 2.05) is 0 Å². The minimum atomic E-state index is -0.898. The molecule has 0 saturated heterocycles. The molecule has 0 unspecified atom stereocenters. The maximum absolute atomic E-state index is 9.46. The highest BCUT2D eigenvalue weighted by atomic mass is 35.5. The van der Waals surface area contributed by atoms with Gasteiger partial charge in [-0.1, -0.05) is 17.5 Å². The van der Waals surface area contributed by atoms with Crippen LogP contribution in [0.1, 0.15) is 5.56 Å². The summed E-state index contributed by atoms with van der Waals surface area (Å²) in [5.41, 5.74) is 1.56. The van der Waals surface area contributed by atoms with Crippen LogP contribution in [0.2, 0.25) is 5.02 Å². The molecule has 0 fully saturated rings. The van der Waals surface area contributed by atoms with Gasteiger partial charge < -0.3 is 14.4 Å². The molecule has 0 saturated carbocycles. The van der Waals surface area contributed by atoms with E-state index in [-0.39, 0.29) is 6.61 Å². The number of fused-ring (bicyclic) bond motifs is 1. The van der Waals surface area contributed by atoms with E-state index in [1.54, 1.807) is 12.1 Å². The van der Waals surface area contributed by atoms with Crippen LogP contribution in [0.3, 0.4) is 0 Å². The molecular weight excluding hydrogens is 214 g/mol. The summed E-state index contributed by atoms with van der Waals surface area (Å²) in [4.78, 5) is 0. The van der Waals surface area contributed by atoms with Crippen molar-refractivity contribution in [2.45, 2.75) is 6.61 Å². The van der Waals surface area contributed by atoms with Crippen molar-refractivity contribution in [2.75, 3.05) is 6.61 Å². The molecule has 5 heteroatoms. The van der Waals surface area contributed by atoms with Crippen molar-refractivity contribution in [2.24, 2.45) is 0 Å². The van der Waals surface area contributed by atoms with Crippen molar-refractivity contribution in [3.8, 4) is 18.1 Å². The van der Waals surface area contributed by atoms with Crippen molar-refractivity contribution >= 4 is 24.2 Å². The molecule has 1 aromatic carbocycles. The Morgan fingerprint density at radius 2 is 2.47 bits per heavy atom. The number of ether oxygens (including phenoxy) is 1. The summed E-state index contributed by atoms with van der Waals surface area (Å²) in [6, 6.07) is 3.38. The Morgan fingerprint density at radius 1 is 1.67 bits per heavy atom. The molecule has 0 bridgehead atoms. The second-order valence-electron chi connectivity index (χ2n) is 3.14. The van der Waals surface area contributed by atoms with Gasteiger partial charge in [0.15, 0.2) is 0 Å². The molecular formula is C10H8BClO3. The minimum Gasteiger partial charge on any atom is -0.479 e. The van der Waals surface area contributed by atoms with Gasteiger partial charge >= 0.3 is 7.12 Å². The van der Waals surface area contributed by atoms with Gasteiger partial charge in [0.05, 0.1) is 11.6 Å². The molecule has 1 N–H and O–H groups in total. The van der Waals surface area contributed by atoms with E-state index in [2.05, 4.69) is 5.92 Å². The molecule has 0 radical (unpaired) electrons. The van der Waals surface area contributed by atoms with Crippen LogP contribution < -0.4 is 10.2 Å². The standard InChI is InChI=1S/C10H8BClO3/c1-2-3-14-10-5-8-7(4-9(10)12)6-15-11(8)13/h1,4-5,13H,3,6H2. The van der Waals surface area contributed by atoms with E-state index in [0.717, 1.165) is 5.56 Å². The monoisotopic (exact) mass is 222 g/mol. The smallest absolute Gasteiger partial charge is 0.479 e. The summed E-state index contributed by atoms with van der Waals surface area (Å²) in [6.07, 6.45) is 5.07. The van der Waals surface area contributed by atoms with E-state index in [4.69, 9.17) is 27.4 Å². The fraction of sp³-hybridized carbons (Fsp3) is 0.200. The topological polar surface area (TPSA) is 38.7 Å². The van der Waals surface area contributed by atoms with Crippen molar-refractivity contribution in [3.63, 3.8) is 0 Å². The maximum Gasteiger partial charge on any atom is 0.491 e. The summed E-state index contributed by atoms with van der Waals surface area (Å²) in [5, 5.41) is 9.93. The zero-order valence-corrected chi connectivity index (χ0v) is 8.62. The van der Waals surface area contributed by atoms with E-state index >= 15 is 0 Å². The summed E-state index contributed by atoms with van der Waals surface area (Å²) in [6.45, 7) is 0.515. The first-order chi connectivity index (χ1) is 7.22. The van der Waals surface area contributed by atoms with Gasteiger partial charge in [0.1, 0.15) is 12.4 Å². The van der Waals surface area contributed by atoms with Crippen LogP contribution in [-0.2, 0) is 11.3 Å². The molecule has 0 atom stereocenters. The lowest BCUT2D eigenvalue weighted by molar-refractivity contribution is 0.275. The fourth-order valence-electron chi connectivity index (χ4n) is 1.45. The lowest BCUT2D eigenvalue weighted by Gasteiger charge is -2.07. The Morgan fingerprint density at radius 3 is 3.20 bits per heavy atom. The highest BCUT2D eigenvalue weighted by Gasteiger charge is 2.28. The van der Waals surface area contributed by atoms with Crippen LogP contribution in [0.5, 0.6) is 5.75 Å². The number of halogens is 1. The first-order valence-corrected chi connectivity index (χ1v) is 4.78. The summed E-state index contributed by atoms with van der Waals surface area (Å²) in [7, 11) is -0.898. The second-order valence-corrected chi connectivity index (χ2v) is 3.54. The first-order valence-electron chi connectivity index (χ1n) is 4.40. The zero-order valence-electron chi connectivity index (χ0n) is 7.87. The van der Waals surface area contributed by atoms with Crippen LogP contribution in [0.4, 0.5) is 0 Å². The van der Waals surface area contributed by atoms with Crippen LogP contribution in [0.25, 0.3) is 0 Å². The van der Waals surface area contributed by atoms with Crippen LogP contribution in [0.15, 0.2) is 12.1 Å². The number of terminal acetylenes is 1. The van der Waals surface area contributed by atoms with Crippen molar-refractivity contribution in [1.82, 2.24) is 0 Å². The van der Waals surface area contributed by atoms with Gasteiger partial charge in [0.2, 0.25) is 0 Å². The molecule has 0 aliphatic carbocycles. The van der Waals surface area contributed by atoms with Crippen LogP contribution >= 0.6 is 11.6 Å². The predicted molar refractivity (Wildman–Crippen MR) is 58.2 cm³/mol. The number of hydrogen-bond donors (Lipinski definition) is 1. The number of benzene rings is 1. The Bertz CT molecular complexity index is 427. The quantitative estimate of drug-likeness (QED) is 0.587. The van der Waals surface area contributed by atoms with E-state index < -0.39 is 7.12 Å². The molecule has 1 heterocycles. The van der Waals surface area contributed by atoms with Crippen LogP contribution in [-0.4, -0.2) is 18.7 Å². The molecule has 0 aromatic heterocycles. The second kappa shape index (κ2) is 4.15. The minimum absolute atomic E-state index is 0.148. The molecule has 0 spiro atoms. The Labute approximate surface area is 93.1 Å². The average Bonchev–Trinajstić information content (AvgIpc) is 2.57. The molecule has 0 amide bonds. The third-order valence-corrected chi connectivity index (χ3v) is 2.46. The molecule has 2 rings (SSSR count). The highest BCUT2D eigenvalue weighted by Crippen LogP contribution is 2.26. The predicted octanol–water partition coefficient (Wildman–Crippen LogP) is 0.570. The zero-order chi connectivity index (χ0) is 10.8. The summed E-state index contributed by atoms with van der Waals surface area (Å²) < 4.78 is 10.3. The van der Waals surface area contributed by atoms with Crippen LogP contribution in [0, 0.1) is 12.3 Å². The Balaban J connectivity index is 2.33. The molecule has 76 valence electrons. The summed E-state index contributed by atoms with van der Waals surface area (Å²) >= 11 is 5.96. The largest absolute Gasteiger partial charge is 0.491 e. The Kier molecular flexibility index (Phi) is 2.87. The third-order valence-electron chi connectivity index (χ3n) is 2.17. The molecule has 1 aliphatic heterocycles. The van der Waals surface area contributed by atoms with Gasteiger partial charge in [-0.15, -0.1) is 6.42 Å². The number of hydrogen-bond acceptors (Lipinski definition) is 3. The SMILES string of the molecule is C#CCOc1cc2c(cc1Cl)COB2O. The third kappa shape index (κ3) is 1.95. The van der Waals surface area contributed by atoms with Gasteiger partial charge in [-0.05, 0) is 23.2 Å². The average molecular weight is 222 g/mol. The fourth-order valence-corrected chi connectivity index (χ4v) is 1.69. The van der Waals surface area contributed by atoms with Crippen molar-refractivity contribution < 1.29 is 14.4 Å². The van der Waals surface area contributed by atoms with Crippen molar-refractivity contribution in [1.29, 1.82) is 0 Å². The van der Waals surface area contributed by atoms with Gasteiger partial charge in [-0.2, -0.15) is 0 Å². The first kappa shape index (κ1) is 10.4. The summed E-state index contributed by atoms with van der Waals surface area (Å²) in [5.74, 6) is 2.82. The lowest BCUT2D eigenvalue weighted by atomic mass is 9.79. The Hall–Kier alpha value is -1.15. The molecule has 15 heavy (non-hydrogen) atoms. The normalized spacial score (nSPS) is 13.5.